The highest BCUT2D eigenvalue weighted by Crippen LogP contribution is 2.36. The maximum absolute atomic E-state index is 5.96. The molecule has 2 bridgehead atoms. The molecule has 2 unspecified atom stereocenters. The Morgan fingerprint density at radius 2 is 2.36 bits per heavy atom. The maximum atomic E-state index is 5.96. The lowest BCUT2D eigenvalue weighted by Crippen LogP contribution is -2.39. The summed E-state index contributed by atoms with van der Waals surface area (Å²) in [5.41, 5.74) is 2.65. The van der Waals surface area contributed by atoms with Crippen molar-refractivity contribution in [3.63, 3.8) is 0 Å². The number of aromatic nitrogens is 1. The van der Waals surface area contributed by atoms with E-state index in [0.717, 1.165) is 30.5 Å². The first-order chi connectivity index (χ1) is 6.83. The van der Waals surface area contributed by atoms with Crippen LogP contribution >= 0.6 is 11.6 Å². The van der Waals surface area contributed by atoms with E-state index in [1.807, 2.05) is 0 Å². The van der Waals surface area contributed by atoms with E-state index in [-0.39, 0.29) is 0 Å². The predicted octanol–water partition coefficient (Wildman–Crippen LogP) is 1.98. The molecule has 1 aliphatic heterocycles. The van der Waals surface area contributed by atoms with E-state index in [1.165, 1.54) is 17.7 Å². The third-order valence-electron chi connectivity index (χ3n) is 3.30. The smallest absolute Gasteiger partial charge is 0.0592 e. The van der Waals surface area contributed by atoms with Crippen molar-refractivity contribution in [1.29, 1.82) is 0 Å². The van der Waals surface area contributed by atoms with Crippen LogP contribution in [0.15, 0.2) is 12.3 Å². The molecule has 3 rings (SSSR count). The van der Waals surface area contributed by atoms with Gasteiger partial charge in [-0.2, -0.15) is 0 Å². The first kappa shape index (κ1) is 8.69. The molecule has 2 nitrogen and oxygen atoms in total. The van der Waals surface area contributed by atoms with Gasteiger partial charge >= 0.3 is 0 Å². The van der Waals surface area contributed by atoms with E-state index >= 15 is 0 Å². The van der Waals surface area contributed by atoms with Gasteiger partial charge in [-0.25, -0.2) is 0 Å². The molecule has 0 spiro atoms. The number of hydrogen-bond acceptors (Lipinski definition) is 2. The van der Waals surface area contributed by atoms with Crippen LogP contribution in [-0.4, -0.2) is 18.1 Å². The largest absolute Gasteiger partial charge is 0.316 e. The highest BCUT2D eigenvalue weighted by molar-refractivity contribution is 6.30. The predicted molar refractivity (Wildman–Crippen MR) is 56.7 cm³/mol. The van der Waals surface area contributed by atoms with Crippen LogP contribution in [0, 0.1) is 5.92 Å². The Kier molecular flexibility index (Phi) is 1.99. The first-order valence-electron chi connectivity index (χ1n) is 5.18. The summed E-state index contributed by atoms with van der Waals surface area (Å²) < 4.78 is 0. The van der Waals surface area contributed by atoms with Crippen molar-refractivity contribution in [3.05, 3.63) is 28.5 Å². The lowest BCUT2D eigenvalue weighted by Gasteiger charge is -2.35. The van der Waals surface area contributed by atoms with Gasteiger partial charge in [0.05, 0.1) is 5.02 Å². The number of rotatable bonds is 0. The Hall–Kier alpha value is -0.600. The van der Waals surface area contributed by atoms with Gasteiger partial charge in [0.2, 0.25) is 0 Å². The fourth-order valence-corrected chi connectivity index (χ4v) is 2.91. The average Bonchev–Trinajstić information content (AvgIpc) is 2.17. The number of pyridine rings is 1. The van der Waals surface area contributed by atoms with Gasteiger partial charge in [-0.3, -0.25) is 4.98 Å². The summed E-state index contributed by atoms with van der Waals surface area (Å²) in [6, 6.07) is 2.09. The van der Waals surface area contributed by atoms with Crippen molar-refractivity contribution in [2.24, 2.45) is 5.92 Å². The monoisotopic (exact) mass is 208 g/mol. The number of piperidine rings is 1. The number of nitrogens with zero attached hydrogens (tertiary/aromatic N) is 1. The topological polar surface area (TPSA) is 24.9 Å². The molecule has 0 radical (unpaired) electrons. The lowest BCUT2D eigenvalue weighted by atomic mass is 9.77. The molecule has 1 aliphatic carbocycles. The van der Waals surface area contributed by atoms with E-state index in [4.69, 9.17) is 11.6 Å². The summed E-state index contributed by atoms with van der Waals surface area (Å²) in [5.74, 6) is 1.41. The molecular formula is C11H13ClN2. The molecule has 0 saturated carbocycles. The molecule has 2 atom stereocenters. The van der Waals surface area contributed by atoms with Gasteiger partial charge in [-0.15, -0.1) is 0 Å². The molecule has 14 heavy (non-hydrogen) atoms. The van der Waals surface area contributed by atoms with E-state index in [1.54, 1.807) is 6.20 Å². The Morgan fingerprint density at radius 1 is 1.43 bits per heavy atom. The minimum atomic E-state index is 0.620. The van der Waals surface area contributed by atoms with E-state index in [2.05, 4.69) is 16.4 Å². The molecule has 1 fully saturated rings. The van der Waals surface area contributed by atoms with Crippen LogP contribution < -0.4 is 5.32 Å². The van der Waals surface area contributed by atoms with Crippen molar-refractivity contribution < 1.29 is 0 Å². The normalized spacial score (nSPS) is 29.8. The van der Waals surface area contributed by atoms with Gasteiger partial charge in [-0.05, 0) is 36.9 Å². The van der Waals surface area contributed by atoms with Crippen LogP contribution in [0.4, 0.5) is 0 Å². The Labute approximate surface area is 88.7 Å². The highest BCUT2D eigenvalue weighted by atomic mass is 35.5. The SMILES string of the molecule is Clc1cnc2c(c1)CC1CNCC2C1. The number of fused-ring (bicyclic) bond motifs is 4. The minimum Gasteiger partial charge on any atom is -0.316 e. The Balaban J connectivity index is 2.06. The van der Waals surface area contributed by atoms with Crippen LogP contribution in [0.5, 0.6) is 0 Å². The molecule has 1 aromatic heterocycles. The van der Waals surface area contributed by atoms with Crippen LogP contribution in [0.2, 0.25) is 5.02 Å². The van der Waals surface area contributed by atoms with Gasteiger partial charge in [0, 0.05) is 24.4 Å². The van der Waals surface area contributed by atoms with Gasteiger partial charge in [0.15, 0.2) is 0 Å². The van der Waals surface area contributed by atoms with Gasteiger partial charge < -0.3 is 5.32 Å². The summed E-state index contributed by atoms with van der Waals surface area (Å²) in [5, 5.41) is 4.24. The van der Waals surface area contributed by atoms with Crippen molar-refractivity contribution in [2.45, 2.75) is 18.8 Å². The second-order valence-corrected chi connectivity index (χ2v) is 4.80. The van der Waals surface area contributed by atoms with Crippen molar-refractivity contribution in [1.82, 2.24) is 10.3 Å². The molecule has 0 aromatic carbocycles. The molecule has 1 saturated heterocycles. The van der Waals surface area contributed by atoms with Crippen molar-refractivity contribution in [2.75, 3.05) is 13.1 Å². The number of halogens is 1. The zero-order valence-corrected chi connectivity index (χ0v) is 8.72. The molecule has 1 aromatic rings. The summed E-state index contributed by atoms with van der Waals surface area (Å²) in [6.45, 7) is 2.24. The molecule has 1 N–H and O–H groups in total. The number of nitrogens with one attached hydrogen (secondary N) is 1. The highest BCUT2D eigenvalue weighted by Gasteiger charge is 2.31. The maximum Gasteiger partial charge on any atom is 0.0592 e. The van der Waals surface area contributed by atoms with Crippen LogP contribution in [0.3, 0.4) is 0 Å². The molecule has 0 amide bonds. The summed E-state index contributed by atoms with van der Waals surface area (Å²) in [7, 11) is 0. The van der Waals surface area contributed by atoms with Gasteiger partial charge in [-0.1, -0.05) is 11.6 Å². The van der Waals surface area contributed by atoms with E-state index < -0.39 is 0 Å². The zero-order chi connectivity index (χ0) is 9.54. The Morgan fingerprint density at radius 3 is 3.29 bits per heavy atom. The fourth-order valence-electron chi connectivity index (χ4n) is 2.73. The molecule has 2 heterocycles. The Bertz CT molecular complexity index is 364. The third kappa shape index (κ3) is 1.33. The molecular weight excluding hydrogens is 196 g/mol. The fraction of sp³-hybridized carbons (Fsp3) is 0.545. The first-order valence-corrected chi connectivity index (χ1v) is 5.56. The van der Waals surface area contributed by atoms with Crippen molar-refractivity contribution in [3.8, 4) is 0 Å². The summed E-state index contributed by atoms with van der Waals surface area (Å²) >= 11 is 5.96. The molecule has 3 heteroatoms. The second kappa shape index (κ2) is 3.21. The quantitative estimate of drug-likeness (QED) is 0.706. The standard InChI is InChI=1S/C11H13ClN2/c12-10-3-8-1-7-2-9(5-13-4-7)11(8)14-6-10/h3,6-7,9,13H,1-2,4-5H2. The molecule has 74 valence electrons. The summed E-state index contributed by atoms with van der Waals surface area (Å²) in [6.07, 6.45) is 4.22. The third-order valence-corrected chi connectivity index (χ3v) is 3.51. The van der Waals surface area contributed by atoms with Crippen molar-refractivity contribution >= 4 is 11.6 Å². The van der Waals surface area contributed by atoms with E-state index in [9.17, 15) is 0 Å². The minimum absolute atomic E-state index is 0.620. The van der Waals surface area contributed by atoms with Gasteiger partial charge in [0.25, 0.3) is 0 Å². The zero-order valence-electron chi connectivity index (χ0n) is 7.96. The number of hydrogen-bond donors (Lipinski definition) is 1. The van der Waals surface area contributed by atoms with Gasteiger partial charge in [0.1, 0.15) is 0 Å². The van der Waals surface area contributed by atoms with Crippen LogP contribution in [0.25, 0.3) is 0 Å². The summed E-state index contributed by atoms with van der Waals surface area (Å²) in [4.78, 5) is 4.47. The van der Waals surface area contributed by atoms with Crippen LogP contribution in [-0.2, 0) is 6.42 Å². The van der Waals surface area contributed by atoms with E-state index in [0.29, 0.717) is 5.92 Å². The second-order valence-electron chi connectivity index (χ2n) is 4.36. The molecule has 2 aliphatic rings. The van der Waals surface area contributed by atoms with Crippen LogP contribution in [0.1, 0.15) is 23.6 Å². The average molecular weight is 209 g/mol. The lowest BCUT2D eigenvalue weighted by molar-refractivity contribution is 0.313.